The van der Waals surface area contributed by atoms with Crippen LogP contribution in [0.4, 0.5) is 0 Å². The van der Waals surface area contributed by atoms with E-state index < -0.39 is 5.54 Å². The monoisotopic (exact) mass is 269 g/mol. The summed E-state index contributed by atoms with van der Waals surface area (Å²) in [7, 11) is 1.37. The van der Waals surface area contributed by atoms with Crippen molar-refractivity contribution in [2.45, 2.75) is 18.4 Å². The standard InChI is InChI=1S/C11H12BrNO2/c1-15-10(14)11(13)5-4-7-6-8(12)2-3-9(7)11/h2-3,6H,4-5,13H2,1H3. The molecule has 3 nitrogen and oxygen atoms in total. The summed E-state index contributed by atoms with van der Waals surface area (Å²) >= 11 is 3.40. The van der Waals surface area contributed by atoms with E-state index in [0.29, 0.717) is 6.42 Å². The number of benzene rings is 1. The van der Waals surface area contributed by atoms with Crippen LogP contribution < -0.4 is 5.73 Å². The van der Waals surface area contributed by atoms with Crippen LogP contribution in [0.1, 0.15) is 17.5 Å². The van der Waals surface area contributed by atoms with Crippen LogP contribution in [0.25, 0.3) is 0 Å². The molecule has 4 heteroatoms. The van der Waals surface area contributed by atoms with E-state index in [4.69, 9.17) is 10.5 Å². The minimum Gasteiger partial charge on any atom is -0.467 e. The molecule has 15 heavy (non-hydrogen) atoms. The molecule has 0 saturated heterocycles. The van der Waals surface area contributed by atoms with Crippen LogP contribution in [0.3, 0.4) is 0 Å². The first-order valence-electron chi connectivity index (χ1n) is 4.74. The van der Waals surface area contributed by atoms with E-state index in [0.717, 1.165) is 22.0 Å². The van der Waals surface area contributed by atoms with Gasteiger partial charge >= 0.3 is 5.97 Å². The lowest BCUT2D eigenvalue weighted by Gasteiger charge is -2.21. The Morgan fingerprint density at radius 1 is 1.60 bits per heavy atom. The van der Waals surface area contributed by atoms with Gasteiger partial charge in [0.05, 0.1) is 7.11 Å². The van der Waals surface area contributed by atoms with Crippen molar-refractivity contribution in [1.29, 1.82) is 0 Å². The summed E-state index contributed by atoms with van der Waals surface area (Å²) in [6.45, 7) is 0. The number of carbonyl (C=O) groups is 1. The number of nitrogens with two attached hydrogens (primary N) is 1. The molecule has 0 fully saturated rings. The van der Waals surface area contributed by atoms with Gasteiger partial charge in [0.1, 0.15) is 5.54 Å². The number of fused-ring (bicyclic) bond motifs is 1. The molecule has 2 N–H and O–H groups in total. The van der Waals surface area contributed by atoms with Gasteiger partial charge in [0.15, 0.2) is 0 Å². The summed E-state index contributed by atoms with van der Waals surface area (Å²) in [6.07, 6.45) is 1.44. The second-order valence-corrected chi connectivity index (χ2v) is 4.68. The van der Waals surface area contributed by atoms with E-state index in [1.807, 2.05) is 18.2 Å². The maximum absolute atomic E-state index is 11.6. The average molecular weight is 270 g/mol. The Bertz CT molecular complexity index is 419. The van der Waals surface area contributed by atoms with Crippen molar-refractivity contribution in [3.63, 3.8) is 0 Å². The molecular formula is C11H12BrNO2. The van der Waals surface area contributed by atoms with Gasteiger partial charge in [0, 0.05) is 4.47 Å². The number of hydrogen-bond donors (Lipinski definition) is 1. The maximum atomic E-state index is 11.6. The fourth-order valence-electron chi connectivity index (χ4n) is 2.06. The van der Waals surface area contributed by atoms with Gasteiger partial charge in [-0.3, -0.25) is 0 Å². The summed E-state index contributed by atoms with van der Waals surface area (Å²) in [5.74, 6) is -0.358. The summed E-state index contributed by atoms with van der Waals surface area (Å²) < 4.78 is 5.76. The van der Waals surface area contributed by atoms with Crippen LogP contribution in [0.15, 0.2) is 22.7 Å². The van der Waals surface area contributed by atoms with Gasteiger partial charge < -0.3 is 10.5 Å². The molecule has 0 heterocycles. The number of rotatable bonds is 1. The van der Waals surface area contributed by atoms with Crippen LogP contribution in [0, 0.1) is 0 Å². The highest BCUT2D eigenvalue weighted by Crippen LogP contribution is 2.36. The van der Waals surface area contributed by atoms with E-state index in [1.165, 1.54) is 7.11 Å². The number of halogens is 1. The van der Waals surface area contributed by atoms with E-state index in [2.05, 4.69) is 15.9 Å². The zero-order valence-corrected chi connectivity index (χ0v) is 10.0. The van der Waals surface area contributed by atoms with E-state index in [1.54, 1.807) is 0 Å². The molecule has 1 aliphatic carbocycles. The molecule has 0 spiro atoms. The summed E-state index contributed by atoms with van der Waals surface area (Å²) in [5, 5.41) is 0. The summed E-state index contributed by atoms with van der Waals surface area (Å²) in [4.78, 5) is 11.6. The fraction of sp³-hybridized carbons (Fsp3) is 0.364. The number of aryl methyl sites for hydroxylation is 1. The van der Waals surface area contributed by atoms with Gasteiger partial charge in [0.25, 0.3) is 0 Å². The molecule has 80 valence electrons. The molecule has 0 aromatic heterocycles. The second-order valence-electron chi connectivity index (χ2n) is 3.76. The van der Waals surface area contributed by atoms with Gasteiger partial charge in [-0.25, -0.2) is 4.79 Å². The molecule has 0 aliphatic heterocycles. The van der Waals surface area contributed by atoms with Gasteiger partial charge in [-0.05, 0) is 36.1 Å². The van der Waals surface area contributed by atoms with Crippen molar-refractivity contribution in [3.05, 3.63) is 33.8 Å². The minimum absolute atomic E-state index is 0.358. The zero-order valence-electron chi connectivity index (χ0n) is 8.42. The van der Waals surface area contributed by atoms with Crippen LogP contribution in [-0.2, 0) is 21.5 Å². The quantitative estimate of drug-likeness (QED) is 0.790. The molecule has 0 radical (unpaired) electrons. The maximum Gasteiger partial charge on any atom is 0.330 e. The summed E-state index contributed by atoms with van der Waals surface area (Å²) in [5.41, 5.74) is 7.14. The third kappa shape index (κ3) is 1.58. The first-order chi connectivity index (χ1) is 7.08. The van der Waals surface area contributed by atoms with E-state index >= 15 is 0 Å². The molecule has 0 bridgehead atoms. The predicted octanol–water partition coefficient (Wildman–Crippen LogP) is 1.72. The molecule has 1 atom stereocenters. The highest BCUT2D eigenvalue weighted by Gasteiger charge is 2.42. The Hall–Kier alpha value is -0.870. The van der Waals surface area contributed by atoms with Gasteiger partial charge in [0.2, 0.25) is 0 Å². The molecule has 0 saturated carbocycles. The zero-order chi connectivity index (χ0) is 11.1. The van der Waals surface area contributed by atoms with Crippen molar-refractivity contribution in [2.24, 2.45) is 5.73 Å². The van der Waals surface area contributed by atoms with Crippen molar-refractivity contribution in [2.75, 3.05) is 7.11 Å². The van der Waals surface area contributed by atoms with Crippen molar-refractivity contribution in [3.8, 4) is 0 Å². The SMILES string of the molecule is COC(=O)C1(N)CCc2cc(Br)ccc21. The Balaban J connectivity index is 2.48. The fourth-order valence-corrected chi connectivity index (χ4v) is 2.47. The van der Waals surface area contributed by atoms with Gasteiger partial charge in [-0.2, -0.15) is 0 Å². The van der Waals surface area contributed by atoms with Crippen molar-refractivity contribution in [1.82, 2.24) is 0 Å². The Morgan fingerprint density at radius 2 is 2.33 bits per heavy atom. The first kappa shape index (κ1) is 10.6. The Labute approximate surface area is 96.7 Å². The number of esters is 1. The van der Waals surface area contributed by atoms with Crippen molar-refractivity contribution < 1.29 is 9.53 Å². The molecule has 1 aromatic rings. The van der Waals surface area contributed by atoms with Crippen molar-refractivity contribution >= 4 is 21.9 Å². The smallest absolute Gasteiger partial charge is 0.330 e. The van der Waals surface area contributed by atoms with Crippen LogP contribution in [0.2, 0.25) is 0 Å². The lowest BCUT2D eigenvalue weighted by Crippen LogP contribution is -2.43. The van der Waals surface area contributed by atoms with Gasteiger partial charge in [-0.1, -0.05) is 22.0 Å². The Morgan fingerprint density at radius 3 is 3.00 bits per heavy atom. The van der Waals surface area contributed by atoms with E-state index in [9.17, 15) is 4.79 Å². The molecule has 1 aliphatic rings. The van der Waals surface area contributed by atoms with Gasteiger partial charge in [-0.15, -0.1) is 0 Å². The second kappa shape index (κ2) is 3.61. The number of methoxy groups -OCH3 is 1. The Kier molecular flexibility index (Phi) is 2.56. The largest absolute Gasteiger partial charge is 0.467 e. The first-order valence-corrected chi connectivity index (χ1v) is 5.53. The molecule has 1 aromatic carbocycles. The molecule has 0 amide bonds. The topological polar surface area (TPSA) is 52.3 Å². The third-order valence-electron chi connectivity index (χ3n) is 2.89. The lowest BCUT2D eigenvalue weighted by atomic mass is 9.93. The molecule has 2 rings (SSSR count). The number of ether oxygens (including phenoxy) is 1. The average Bonchev–Trinajstić information content (AvgIpc) is 2.56. The highest BCUT2D eigenvalue weighted by molar-refractivity contribution is 9.10. The number of carbonyl (C=O) groups excluding carboxylic acids is 1. The molecule has 1 unspecified atom stereocenters. The lowest BCUT2D eigenvalue weighted by molar-refractivity contribution is -0.147. The molecular weight excluding hydrogens is 258 g/mol. The highest BCUT2D eigenvalue weighted by atomic mass is 79.9. The minimum atomic E-state index is -0.954. The third-order valence-corrected chi connectivity index (χ3v) is 3.38. The van der Waals surface area contributed by atoms with Crippen LogP contribution >= 0.6 is 15.9 Å². The number of hydrogen-bond acceptors (Lipinski definition) is 3. The predicted molar refractivity (Wildman–Crippen MR) is 60.3 cm³/mol. The van der Waals surface area contributed by atoms with E-state index in [-0.39, 0.29) is 5.97 Å². The summed E-state index contributed by atoms with van der Waals surface area (Å²) in [6, 6.07) is 5.80. The normalized spacial score (nSPS) is 23.7. The van der Waals surface area contributed by atoms with Crippen LogP contribution in [0.5, 0.6) is 0 Å². The van der Waals surface area contributed by atoms with Crippen LogP contribution in [-0.4, -0.2) is 13.1 Å².